The highest BCUT2D eigenvalue weighted by Gasteiger charge is 2.12. The van der Waals surface area contributed by atoms with Crippen molar-refractivity contribution >= 4 is 11.6 Å². The average molecular weight is 323 g/mol. The van der Waals surface area contributed by atoms with Crippen LogP contribution in [-0.4, -0.2) is 18.1 Å². The molecule has 5 heteroatoms. The molecule has 1 aromatic heterocycles. The number of carbonyl (C=O) groups excluding carboxylic acids is 1. The van der Waals surface area contributed by atoms with Gasteiger partial charge in [0.1, 0.15) is 23.9 Å². The highest BCUT2D eigenvalue weighted by molar-refractivity contribution is 6.04. The van der Waals surface area contributed by atoms with E-state index < -0.39 is 0 Å². The fourth-order valence-electron chi connectivity index (χ4n) is 2.37. The van der Waals surface area contributed by atoms with Crippen LogP contribution in [0.5, 0.6) is 5.75 Å². The molecule has 0 aliphatic rings. The van der Waals surface area contributed by atoms with Crippen LogP contribution in [0, 0.1) is 0 Å². The number of amides is 1. The van der Waals surface area contributed by atoms with Gasteiger partial charge in [0.05, 0.1) is 12.7 Å². The van der Waals surface area contributed by atoms with Gasteiger partial charge >= 0.3 is 0 Å². The van der Waals surface area contributed by atoms with Crippen molar-refractivity contribution in [3.63, 3.8) is 0 Å². The Morgan fingerprint density at radius 1 is 1.12 bits per heavy atom. The van der Waals surface area contributed by atoms with Crippen LogP contribution in [0.1, 0.15) is 16.1 Å². The molecule has 2 N–H and O–H groups in total. The van der Waals surface area contributed by atoms with E-state index >= 15 is 0 Å². The molecule has 0 aliphatic heterocycles. The van der Waals surface area contributed by atoms with E-state index in [0.29, 0.717) is 28.5 Å². The molecule has 3 rings (SSSR count). The quantitative estimate of drug-likeness (QED) is 0.751. The fraction of sp³-hybridized carbons (Fsp3) is 0.105. The predicted molar refractivity (Wildman–Crippen MR) is 91.0 cm³/mol. The number of furan rings is 1. The molecule has 0 unspecified atom stereocenters. The lowest BCUT2D eigenvalue weighted by Gasteiger charge is -2.10. The summed E-state index contributed by atoms with van der Waals surface area (Å²) in [5, 5.41) is 11.9. The Bertz CT molecular complexity index is 840. The topological polar surface area (TPSA) is 71.7 Å². The molecule has 0 spiro atoms. The lowest BCUT2D eigenvalue weighted by Crippen LogP contribution is -2.11. The summed E-state index contributed by atoms with van der Waals surface area (Å²) in [5.74, 6) is 1.45. The van der Waals surface area contributed by atoms with Gasteiger partial charge in [-0.3, -0.25) is 4.79 Å². The number of hydrogen-bond donors (Lipinski definition) is 2. The number of aliphatic hydroxyl groups is 1. The Morgan fingerprint density at radius 3 is 2.58 bits per heavy atom. The van der Waals surface area contributed by atoms with Crippen molar-refractivity contribution in [2.24, 2.45) is 0 Å². The van der Waals surface area contributed by atoms with Crippen molar-refractivity contribution in [2.45, 2.75) is 6.61 Å². The van der Waals surface area contributed by atoms with E-state index in [1.54, 1.807) is 49.6 Å². The second-order valence-electron chi connectivity index (χ2n) is 5.16. The number of nitrogens with one attached hydrogen (secondary N) is 1. The fourth-order valence-corrected chi connectivity index (χ4v) is 2.37. The van der Waals surface area contributed by atoms with Crippen molar-refractivity contribution in [3.05, 3.63) is 72.0 Å². The molecular formula is C19H17NO4. The summed E-state index contributed by atoms with van der Waals surface area (Å²) >= 11 is 0. The summed E-state index contributed by atoms with van der Waals surface area (Å²) in [5.41, 5.74) is 1.95. The van der Waals surface area contributed by atoms with Gasteiger partial charge < -0.3 is 19.6 Å². The van der Waals surface area contributed by atoms with E-state index in [4.69, 9.17) is 14.3 Å². The number of methoxy groups -OCH3 is 1. The molecule has 1 amide bonds. The van der Waals surface area contributed by atoms with Crippen molar-refractivity contribution < 1.29 is 19.1 Å². The van der Waals surface area contributed by atoms with Gasteiger partial charge in [0.25, 0.3) is 5.91 Å². The molecule has 3 aromatic rings. The summed E-state index contributed by atoms with van der Waals surface area (Å²) in [4.78, 5) is 12.2. The van der Waals surface area contributed by atoms with E-state index in [-0.39, 0.29) is 12.5 Å². The Labute approximate surface area is 139 Å². The maximum Gasteiger partial charge on any atom is 0.255 e. The van der Waals surface area contributed by atoms with Crippen molar-refractivity contribution in [1.82, 2.24) is 0 Å². The van der Waals surface area contributed by atoms with Gasteiger partial charge in [-0.2, -0.15) is 0 Å². The summed E-state index contributed by atoms with van der Waals surface area (Å²) in [6.45, 7) is -0.159. The lowest BCUT2D eigenvalue weighted by molar-refractivity contribution is 0.102. The molecule has 5 nitrogen and oxygen atoms in total. The van der Waals surface area contributed by atoms with Crippen LogP contribution >= 0.6 is 0 Å². The molecule has 24 heavy (non-hydrogen) atoms. The van der Waals surface area contributed by atoms with Gasteiger partial charge in [0.15, 0.2) is 0 Å². The van der Waals surface area contributed by atoms with Crippen molar-refractivity contribution in [3.8, 4) is 17.1 Å². The first kappa shape index (κ1) is 15.8. The average Bonchev–Trinajstić information content (AvgIpc) is 3.11. The number of rotatable bonds is 5. The third-order valence-electron chi connectivity index (χ3n) is 3.58. The first-order valence-electron chi connectivity index (χ1n) is 7.45. The van der Waals surface area contributed by atoms with E-state index in [9.17, 15) is 4.79 Å². The maximum atomic E-state index is 12.2. The highest BCUT2D eigenvalue weighted by atomic mass is 16.5. The third-order valence-corrected chi connectivity index (χ3v) is 3.58. The van der Waals surface area contributed by atoms with Gasteiger partial charge in [-0.1, -0.05) is 18.2 Å². The molecular weight excluding hydrogens is 306 g/mol. The number of aliphatic hydroxyl groups excluding tert-OH is 1. The zero-order chi connectivity index (χ0) is 16.9. The van der Waals surface area contributed by atoms with Crippen molar-refractivity contribution in [1.29, 1.82) is 0 Å². The zero-order valence-corrected chi connectivity index (χ0v) is 13.2. The van der Waals surface area contributed by atoms with E-state index in [2.05, 4.69) is 5.32 Å². The molecule has 0 atom stereocenters. The molecule has 0 saturated carbocycles. The maximum absolute atomic E-state index is 12.2. The molecule has 0 radical (unpaired) electrons. The normalized spacial score (nSPS) is 10.4. The first-order valence-corrected chi connectivity index (χ1v) is 7.45. The number of benzene rings is 2. The minimum absolute atomic E-state index is 0.159. The summed E-state index contributed by atoms with van der Waals surface area (Å²) in [6.07, 6.45) is 0. The third kappa shape index (κ3) is 3.31. The SMILES string of the molecule is COc1cc(NC(=O)c2ccccc2)ccc1-c1ccc(CO)o1. The molecule has 0 saturated heterocycles. The van der Waals surface area contributed by atoms with Crippen LogP contribution in [0.25, 0.3) is 11.3 Å². The molecule has 2 aromatic carbocycles. The van der Waals surface area contributed by atoms with E-state index in [1.165, 1.54) is 0 Å². The first-order chi connectivity index (χ1) is 11.7. The summed E-state index contributed by atoms with van der Waals surface area (Å²) in [7, 11) is 1.55. The Morgan fingerprint density at radius 2 is 1.92 bits per heavy atom. The van der Waals surface area contributed by atoms with Crippen molar-refractivity contribution in [2.75, 3.05) is 12.4 Å². The van der Waals surface area contributed by atoms with E-state index in [1.807, 2.05) is 18.2 Å². The van der Waals surface area contributed by atoms with Crippen LogP contribution in [0.2, 0.25) is 0 Å². The van der Waals surface area contributed by atoms with E-state index in [0.717, 1.165) is 5.56 Å². The van der Waals surface area contributed by atoms with Gasteiger partial charge in [0, 0.05) is 17.3 Å². The van der Waals surface area contributed by atoms with Gasteiger partial charge in [0.2, 0.25) is 0 Å². The van der Waals surface area contributed by atoms with Crippen LogP contribution in [0.15, 0.2) is 65.1 Å². The van der Waals surface area contributed by atoms with Gasteiger partial charge in [-0.05, 0) is 36.4 Å². The lowest BCUT2D eigenvalue weighted by atomic mass is 10.1. The summed E-state index contributed by atoms with van der Waals surface area (Å²) < 4.78 is 10.9. The molecule has 1 heterocycles. The van der Waals surface area contributed by atoms with Gasteiger partial charge in [-0.15, -0.1) is 0 Å². The zero-order valence-electron chi connectivity index (χ0n) is 13.2. The van der Waals surface area contributed by atoms with Crippen LogP contribution < -0.4 is 10.1 Å². The Hall–Kier alpha value is -3.05. The second-order valence-corrected chi connectivity index (χ2v) is 5.16. The minimum atomic E-state index is -0.189. The number of ether oxygens (including phenoxy) is 1. The highest BCUT2D eigenvalue weighted by Crippen LogP contribution is 2.33. The number of hydrogen-bond acceptors (Lipinski definition) is 4. The Balaban J connectivity index is 1.85. The predicted octanol–water partition coefficient (Wildman–Crippen LogP) is 3.70. The minimum Gasteiger partial charge on any atom is -0.496 e. The van der Waals surface area contributed by atoms with Crippen LogP contribution in [-0.2, 0) is 6.61 Å². The monoisotopic (exact) mass is 323 g/mol. The van der Waals surface area contributed by atoms with Crippen LogP contribution in [0.3, 0.4) is 0 Å². The number of carbonyl (C=O) groups is 1. The smallest absolute Gasteiger partial charge is 0.255 e. The largest absolute Gasteiger partial charge is 0.496 e. The molecule has 122 valence electrons. The molecule has 0 fully saturated rings. The van der Waals surface area contributed by atoms with Gasteiger partial charge in [-0.25, -0.2) is 0 Å². The Kier molecular flexibility index (Phi) is 4.63. The molecule has 0 bridgehead atoms. The molecule has 0 aliphatic carbocycles. The van der Waals surface area contributed by atoms with Crippen LogP contribution in [0.4, 0.5) is 5.69 Å². The summed E-state index contributed by atoms with van der Waals surface area (Å²) in [6, 6.07) is 17.8. The second kappa shape index (κ2) is 7.02. The standard InChI is InChI=1S/C19H17NO4/c1-23-18-11-14(20-19(22)13-5-3-2-4-6-13)7-9-16(18)17-10-8-15(12-21)24-17/h2-11,21H,12H2,1H3,(H,20,22). The number of anilines is 1.